The summed E-state index contributed by atoms with van der Waals surface area (Å²) in [4.78, 5) is 2.71. The van der Waals surface area contributed by atoms with Crippen molar-refractivity contribution < 1.29 is 33.2 Å². The molecular weight excluding hydrogens is 327 g/mol. The smallest absolute Gasteiger partial charge is 0.394 e. The van der Waals surface area contributed by atoms with Crippen LogP contribution in [0.1, 0.15) is 10.6 Å². The quantitative estimate of drug-likeness (QED) is 0.608. The molecule has 4 N–H and O–H groups in total. The van der Waals surface area contributed by atoms with E-state index >= 15 is 0 Å². The van der Waals surface area contributed by atoms with E-state index in [1.807, 2.05) is 0 Å². The fourth-order valence-electron chi connectivity index (χ4n) is 1.98. The van der Waals surface area contributed by atoms with Crippen LogP contribution in [0, 0.1) is 11.3 Å². The van der Waals surface area contributed by atoms with Gasteiger partial charge >= 0.3 is 6.18 Å². The second kappa shape index (κ2) is 6.35. The first-order chi connectivity index (χ1) is 10.3. The maximum Gasteiger partial charge on any atom is 0.435 e. The number of nitriles is 1. The third-order valence-electron chi connectivity index (χ3n) is 3.12. The monoisotopic (exact) mass is 339 g/mol. The number of hydrogen-bond acceptors (Lipinski definition) is 8. The Balaban J connectivity index is 2.15. The number of aliphatic hydroxyl groups excluding tert-OH is 3. The van der Waals surface area contributed by atoms with Gasteiger partial charge in [0, 0.05) is 0 Å². The maximum absolute atomic E-state index is 12.7. The number of ether oxygens (including phenoxy) is 1. The highest BCUT2D eigenvalue weighted by molar-refractivity contribution is 7.16. The highest BCUT2D eigenvalue weighted by Gasteiger charge is 2.40. The summed E-state index contributed by atoms with van der Waals surface area (Å²) in [7, 11) is 0. The zero-order valence-corrected chi connectivity index (χ0v) is 11.7. The van der Waals surface area contributed by atoms with E-state index in [1.165, 1.54) is 6.07 Å². The first kappa shape index (κ1) is 16.9. The van der Waals surface area contributed by atoms with Crippen LogP contribution in [0.25, 0.3) is 0 Å². The third kappa shape index (κ3) is 3.31. The number of thiazole rings is 1. The second-order valence-corrected chi connectivity index (χ2v) is 5.59. The third-order valence-corrected chi connectivity index (χ3v) is 4.01. The van der Waals surface area contributed by atoms with Gasteiger partial charge in [0.25, 0.3) is 0 Å². The van der Waals surface area contributed by atoms with E-state index < -0.39 is 47.7 Å². The molecular formula is C11H12F3N3O4S. The van der Waals surface area contributed by atoms with Gasteiger partial charge in [-0.15, -0.1) is 0 Å². The number of alkyl halides is 3. The number of rotatable bonds is 3. The fraction of sp³-hybridized carbons (Fsp3) is 0.636. The molecule has 2 rings (SSSR count). The minimum absolute atomic E-state index is 0.147. The van der Waals surface area contributed by atoms with Gasteiger partial charge in [-0.3, -0.25) is 0 Å². The van der Waals surface area contributed by atoms with Crippen molar-refractivity contribution in [2.45, 2.75) is 30.5 Å². The summed E-state index contributed by atoms with van der Waals surface area (Å²) in [5, 5.41) is 39.5. The van der Waals surface area contributed by atoms with Crippen LogP contribution < -0.4 is 5.32 Å². The van der Waals surface area contributed by atoms with Crippen LogP contribution in [0.3, 0.4) is 0 Å². The summed E-state index contributed by atoms with van der Waals surface area (Å²) < 4.78 is 43.2. The van der Waals surface area contributed by atoms with Crippen LogP contribution in [-0.4, -0.2) is 57.9 Å². The molecule has 0 radical (unpaired) electrons. The van der Waals surface area contributed by atoms with Crippen molar-refractivity contribution in [1.29, 1.82) is 5.26 Å². The Hall–Kier alpha value is -1.45. The normalized spacial score (nSPS) is 29.1. The van der Waals surface area contributed by atoms with Crippen LogP contribution in [-0.2, 0) is 10.9 Å². The molecule has 0 amide bonds. The summed E-state index contributed by atoms with van der Waals surface area (Å²) in [6.07, 6.45) is -8.49. The highest BCUT2D eigenvalue weighted by atomic mass is 32.1. The molecule has 0 bridgehead atoms. The standard InChI is InChI=1S/C11H12F3N3O4S/c12-11(13,14)9-6(1-15)22-10(17-9)16-4-3-21-5(2-18)8(20)7(4)19/h4-5,7-8,18-20H,2-3H2,(H,16,17)/t4-,5+,7+,8-/m0/s1. The van der Waals surface area contributed by atoms with Crippen molar-refractivity contribution in [2.75, 3.05) is 18.5 Å². The van der Waals surface area contributed by atoms with Crippen molar-refractivity contribution in [2.24, 2.45) is 0 Å². The highest BCUT2D eigenvalue weighted by Crippen LogP contribution is 2.36. The molecule has 1 aliphatic rings. The number of anilines is 1. The Labute approximate surface area is 126 Å². The summed E-state index contributed by atoms with van der Waals surface area (Å²) in [5.74, 6) is 0. The van der Waals surface area contributed by atoms with Crippen molar-refractivity contribution in [3.8, 4) is 6.07 Å². The first-order valence-electron chi connectivity index (χ1n) is 6.11. The molecule has 4 atom stereocenters. The van der Waals surface area contributed by atoms with Crippen LogP contribution in [0.5, 0.6) is 0 Å². The number of aromatic nitrogens is 1. The SMILES string of the molecule is N#Cc1sc(N[C@H]2CO[C@H](CO)[C@H](O)[C@@H]2O)nc1C(F)(F)F. The van der Waals surface area contributed by atoms with E-state index in [4.69, 9.17) is 15.1 Å². The predicted molar refractivity (Wildman–Crippen MR) is 68.1 cm³/mol. The second-order valence-electron chi connectivity index (χ2n) is 4.59. The molecule has 11 heteroatoms. The lowest BCUT2D eigenvalue weighted by Gasteiger charge is -2.37. The number of hydrogen-bond donors (Lipinski definition) is 4. The molecule has 0 aliphatic carbocycles. The largest absolute Gasteiger partial charge is 0.435 e. The van der Waals surface area contributed by atoms with Gasteiger partial charge in [0.05, 0.1) is 19.3 Å². The number of nitrogens with one attached hydrogen (secondary N) is 1. The minimum atomic E-state index is -4.76. The number of nitrogens with zero attached hydrogens (tertiary/aromatic N) is 2. The van der Waals surface area contributed by atoms with Gasteiger partial charge in [0.1, 0.15) is 29.3 Å². The molecule has 122 valence electrons. The van der Waals surface area contributed by atoms with Crippen molar-refractivity contribution >= 4 is 16.5 Å². The molecule has 1 fully saturated rings. The van der Waals surface area contributed by atoms with Gasteiger partial charge in [-0.1, -0.05) is 11.3 Å². The van der Waals surface area contributed by atoms with E-state index in [2.05, 4.69) is 10.3 Å². The van der Waals surface area contributed by atoms with Crippen molar-refractivity contribution in [3.05, 3.63) is 10.6 Å². The lowest BCUT2D eigenvalue weighted by molar-refractivity contribution is -0.152. The average Bonchev–Trinajstić information content (AvgIpc) is 2.87. The Bertz CT molecular complexity index is 574. The van der Waals surface area contributed by atoms with Gasteiger partial charge in [0.15, 0.2) is 10.8 Å². The molecule has 0 spiro atoms. The zero-order valence-electron chi connectivity index (χ0n) is 10.9. The van der Waals surface area contributed by atoms with Gasteiger partial charge < -0.3 is 25.4 Å². The summed E-state index contributed by atoms with van der Waals surface area (Å²) in [6, 6.07) is 0.496. The van der Waals surface area contributed by atoms with E-state index in [-0.39, 0.29) is 11.7 Å². The van der Waals surface area contributed by atoms with Gasteiger partial charge in [-0.2, -0.15) is 18.4 Å². The van der Waals surface area contributed by atoms with Crippen molar-refractivity contribution in [3.63, 3.8) is 0 Å². The Morgan fingerprint density at radius 1 is 1.41 bits per heavy atom. The van der Waals surface area contributed by atoms with Gasteiger partial charge in [-0.25, -0.2) is 4.98 Å². The molecule has 7 nitrogen and oxygen atoms in total. The van der Waals surface area contributed by atoms with Crippen LogP contribution in [0.2, 0.25) is 0 Å². The van der Waals surface area contributed by atoms with Gasteiger partial charge in [0.2, 0.25) is 0 Å². The average molecular weight is 339 g/mol. The number of aliphatic hydroxyl groups is 3. The minimum Gasteiger partial charge on any atom is -0.394 e. The van der Waals surface area contributed by atoms with E-state index in [1.54, 1.807) is 0 Å². The summed E-state index contributed by atoms with van der Waals surface area (Å²) in [5.41, 5.74) is -1.30. The van der Waals surface area contributed by atoms with Gasteiger partial charge in [-0.05, 0) is 0 Å². The molecule has 2 heterocycles. The predicted octanol–water partition coefficient (Wildman–Crippen LogP) is -0.0730. The topological polar surface area (TPSA) is 119 Å². The number of halogens is 3. The van der Waals surface area contributed by atoms with E-state index in [9.17, 15) is 23.4 Å². The molecule has 0 unspecified atom stereocenters. The van der Waals surface area contributed by atoms with Crippen LogP contribution in [0.4, 0.5) is 18.3 Å². The van der Waals surface area contributed by atoms with Crippen molar-refractivity contribution in [1.82, 2.24) is 4.98 Å². The molecule has 1 aromatic rings. The Morgan fingerprint density at radius 3 is 2.59 bits per heavy atom. The zero-order chi connectivity index (χ0) is 16.5. The molecule has 0 aromatic carbocycles. The van der Waals surface area contributed by atoms with Crippen LogP contribution in [0.15, 0.2) is 0 Å². The molecule has 0 saturated carbocycles. The summed E-state index contributed by atoms with van der Waals surface area (Å²) >= 11 is 0.489. The lowest BCUT2D eigenvalue weighted by atomic mass is 9.99. The Morgan fingerprint density at radius 2 is 2.09 bits per heavy atom. The lowest BCUT2D eigenvalue weighted by Crippen LogP contribution is -2.56. The first-order valence-corrected chi connectivity index (χ1v) is 6.92. The Kier molecular flexibility index (Phi) is 4.88. The molecule has 1 aliphatic heterocycles. The molecule has 1 aromatic heterocycles. The van der Waals surface area contributed by atoms with Crippen LogP contribution >= 0.6 is 11.3 Å². The summed E-state index contributed by atoms with van der Waals surface area (Å²) in [6.45, 7) is -0.648. The maximum atomic E-state index is 12.7. The molecule has 22 heavy (non-hydrogen) atoms. The molecule has 1 saturated heterocycles. The van der Waals surface area contributed by atoms with E-state index in [0.29, 0.717) is 11.3 Å². The van der Waals surface area contributed by atoms with E-state index in [0.717, 1.165) is 0 Å². The fourth-order valence-corrected chi connectivity index (χ4v) is 2.82.